The summed E-state index contributed by atoms with van der Waals surface area (Å²) in [5.74, 6) is 0.418. The maximum absolute atomic E-state index is 13.0. The van der Waals surface area contributed by atoms with Crippen molar-refractivity contribution >= 4 is 24.2 Å². The maximum atomic E-state index is 13.0. The molecule has 0 N–H and O–H groups in total. The molecule has 0 aliphatic rings. The summed E-state index contributed by atoms with van der Waals surface area (Å²) in [5, 5.41) is 0.179. The number of hydrogen-bond acceptors (Lipinski definition) is 2. The van der Waals surface area contributed by atoms with Gasteiger partial charge in [0.25, 0.3) is 0 Å². The van der Waals surface area contributed by atoms with Gasteiger partial charge in [-0.25, -0.2) is 4.39 Å². The Kier molecular flexibility index (Phi) is 4.90. The zero-order valence-corrected chi connectivity index (χ0v) is 10.5. The van der Waals surface area contributed by atoms with Crippen molar-refractivity contribution in [3.63, 3.8) is 0 Å². The largest absolute Gasteiger partial charge is 0.302 e. The third-order valence-electron chi connectivity index (χ3n) is 2.35. The molecule has 1 aromatic rings. The molecule has 0 aliphatic carbocycles. The summed E-state index contributed by atoms with van der Waals surface area (Å²) < 4.78 is 13.0. The van der Waals surface area contributed by atoms with Gasteiger partial charge < -0.3 is 4.90 Å². The minimum atomic E-state index is -0.371. The van der Waals surface area contributed by atoms with Gasteiger partial charge in [0.1, 0.15) is 5.82 Å². The molecule has 0 saturated carbocycles. The van der Waals surface area contributed by atoms with Gasteiger partial charge in [0.15, 0.2) is 0 Å². The second kappa shape index (κ2) is 5.73. The van der Waals surface area contributed by atoms with E-state index in [4.69, 9.17) is 11.6 Å². The number of rotatable bonds is 4. The first kappa shape index (κ1) is 12.8. The number of thiol groups is 1. The van der Waals surface area contributed by atoms with Crippen LogP contribution in [0, 0.1) is 5.82 Å². The molecular formula is C11H15ClFNS. The van der Waals surface area contributed by atoms with Crippen molar-refractivity contribution in [2.45, 2.75) is 12.5 Å². The van der Waals surface area contributed by atoms with Gasteiger partial charge in [0, 0.05) is 6.04 Å². The molecule has 1 rings (SSSR count). The summed E-state index contributed by atoms with van der Waals surface area (Å²) in [6, 6.07) is 5.10. The first-order valence-electron chi connectivity index (χ1n) is 4.78. The molecule has 0 bridgehead atoms. The third kappa shape index (κ3) is 3.37. The smallest absolute Gasteiger partial charge is 0.141 e. The van der Waals surface area contributed by atoms with Crippen LogP contribution >= 0.6 is 24.2 Å². The van der Waals surface area contributed by atoms with Crippen molar-refractivity contribution < 1.29 is 4.39 Å². The van der Waals surface area contributed by atoms with E-state index in [1.165, 1.54) is 6.07 Å². The molecule has 0 radical (unpaired) electrons. The molecular weight excluding hydrogens is 233 g/mol. The van der Waals surface area contributed by atoms with E-state index < -0.39 is 0 Å². The topological polar surface area (TPSA) is 3.24 Å². The van der Waals surface area contributed by atoms with Crippen molar-refractivity contribution in [2.24, 2.45) is 0 Å². The summed E-state index contributed by atoms with van der Waals surface area (Å²) in [6.07, 6.45) is 0.915. The molecule has 0 spiro atoms. The average Bonchev–Trinajstić information content (AvgIpc) is 2.18. The molecule has 1 unspecified atom stereocenters. The van der Waals surface area contributed by atoms with Gasteiger partial charge in [-0.3, -0.25) is 0 Å². The zero-order valence-electron chi connectivity index (χ0n) is 8.87. The number of benzene rings is 1. The lowest BCUT2D eigenvalue weighted by Gasteiger charge is -2.24. The van der Waals surface area contributed by atoms with Crippen LogP contribution in [0.3, 0.4) is 0 Å². The Morgan fingerprint density at radius 3 is 2.60 bits per heavy atom. The fraction of sp³-hybridized carbons (Fsp3) is 0.455. The average molecular weight is 248 g/mol. The minimum Gasteiger partial charge on any atom is -0.302 e. The van der Waals surface area contributed by atoms with Gasteiger partial charge in [-0.2, -0.15) is 12.6 Å². The summed E-state index contributed by atoms with van der Waals surface area (Å²) in [6.45, 7) is 0. The molecule has 0 aromatic heterocycles. The summed E-state index contributed by atoms with van der Waals surface area (Å²) in [5.41, 5.74) is 1.03. The molecule has 15 heavy (non-hydrogen) atoms. The van der Waals surface area contributed by atoms with E-state index >= 15 is 0 Å². The van der Waals surface area contributed by atoms with Crippen LogP contribution in [0.25, 0.3) is 0 Å². The van der Waals surface area contributed by atoms with Crippen LogP contribution in [0.2, 0.25) is 5.02 Å². The van der Waals surface area contributed by atoms with Crippen LogP contribution in [0.4, 0.5) is 4.39 Å². The van der Waals surface area contributed by atoms with E-state index in [-0.39, 0.29) is 16.9 Å². The second-order valence-corrected chi connectivity index (χ2v) is 4.52. The van der Waals surface area contributed by atoms with Gasteiger partial charge in [-0.05, 0) is 44.0 Å². The molecule has 0 fully saturated rings. The van der Waals surface area contributed by atoms with E-state index in [0.717, 1.165) is 17.7 Å². The van der Waals surface area contributed by atoms with Crippen LogP contribution < -0.4 is 0 Å². The Morgan fingerprint density at radius 1 is 1.47 bits per heavy atom. The predicted molar refractivity (Wildman–Crippen MR) is 66.3 cm³/mol. The number of nitrogens with zero attached hydrogens (tertiary/aromatic N) is 1. The van der Waals surface area contributed by atoms with E-state index in [2.05, 4.69) is 17.5 Å². The Hall–Kier alpha value is -0.250. The number of halogens is 2. The highest BCUT2D eigenvalue weighted by Crippen LogP contribution is 2.26. The predicted octanol–water partition coefficient (Wildman–Crippen LogP) is 3.40. The molecule has 4 heteroatoms. The Labute approximate surface area is 101 Å². The van der Waals surface area contributed by atoms with Crippen LogP contribution in [0.5, 0.6) is 0 Å². The van der Waals surface area contributed by atoms with Crippen molar-refractivity contribution in [1.29, 1.82) is 0 Å². The fourth-order valence-corrected chi connectivity index (χ4v) is 2.00. The van der Waals surface area contributed by atoms with Crippen LogP contribution in [0.1, 0.15) is 18.0 Å². The highest BCUT2D eigenvalue weighted by atomic mass is 35.5. The molecule has 0 aliphatic heterocycles. The van der Waals surface area contributed by atoms with Crippen molar-refractivity contribution in [3.05, 3.63) is 34.6 Å². The fourth-order valence-electron chi connectivity index (χ4n) is 1.56. The van der Waals surface area contributed by atoms with Crippen LogP contribution in [0.15, 0.2) is 18.2 Å². The summed E-state index contributed by atoms with van der Waals surface area (Å²) in [7, 11) is 3.98. The van der Waals surface area contributed by atoms with E-state index in [1.807, 2.05) is 14.1 Å². The molecule has 84 valence electrons. The SMILES string of the molecule is CN(C)C(CCS)c1ccc(F)c(Cl)c1. The summed E-state index contributed by atoms with van der Waals surface area (Å²) >= 11 is 9.97. The standard InChI is InChI=1S/C11H15ClFNS/c1-14(2)11(5-6-15)8-3-4-10(13)9(12)7-8/h3-4,7,11,15H,5-6H2,1-2H3. The lowest BCUT2D eigenvalue weighted by atomic mass is 10.0. The second-order valence-electron chi connectivity index (χ2n) is 3.67. The van der Waals surface area contributed by atoms with E-state index in [0.29, 0.717) is 0 Å². The van der Waals surface area contributed by atoms with Crippen LogP contribution in [-0.4, -0.2) is 24.7 Å². The highest BCUT2D eigenvalue weighted by Gasteiger charge is 2.14. The molecule has 1 atom stereocenters. The monoisotopic (exact) mass is 247 g/mol. The van der Waals surface area contributed by atoms with Gasteiger partial charge in [-0.15, -0.1) is 0 Å². The van der Waals surface area contributed by atoms with Gasteiger partial charge in [0.05, 0.1) is 5.02 Å². The minimum absolute atomic E-state index is 0.179. The molecule has 1 aromatic carbocycles. The number of hydrogen-bond donors (Lipinski definition) is 1. The normalized spacial score (nSPS) is 13.2. The van der Waals surface area contributed by atoms with E-state index in [1.54, 1.807) is 12.1 Å². The Balaban J connectivity index is 2.95. The van der Waals surface area contributed by atoms with Gasteiger partial charge >= 0.3 is 0 Å². The van der Waals surface area contributed by atoms with Crippen LogP contribution in [-0.2, 0) is 0 Å². The van der Waals surface area contributed by atoms with E-state index in [9.17, 15) is 4.39 Å². The van der Waals surface area contributed by atoms with Gasteiger partial charge in [-0.1, -0.05) is 17.7 Å². The van der Waals surface area contributed by atoms with Crippen molar-refractivity contribution in [2.75, 3.05) is 19.8 Å². The lowest BCUT2D eigenvalue weighted by molar-refractivity contribution is 0.293. The zero-order chi connectivity index (χ0) is 11.4. The quantitative estimate of drug-likeness (QED) is 0.799. The highest BCUT2D eigenvalue weighted by molar-refractivity contribution is 7.80. The van der Waals surface area contributed by atoms with Crippen molar-refractivity contribution in [3.8, 4) is 0 Å². The lowest BCUT2D eigenvalue weighted by Crippen LogP contribution is -2.20. The first-order chi connectivity index (χ1) is 7.06. The first-order valence-corrected chi connectivity index (χ1v) is 5.79. The van der Waals surface area contributed by atoms with Gasteiger partial charge in [0.2, 0.25) is 0 Å². The maximum Gasteiger partial charge on any atom is 0.141 e. The molecule has 0 saturated heterocycles. The third-order valence-corrected chi connectivity index (χ3v) is 2.90. The molecule has 0 amide bonds. The Bertz CT molecular complexity index is 330. The Morgan fingerprint density at radius 2 is 2.13 bits per heavy atom. The summed E-state index contributed by atoms with van der Waals surface area (Å²) in [4.78, 5) is 2.08. The molecule has 1 nitrogen and oxygen atoms in total. The van der Waals surface area contributed by atoms with Crippen molar-refractivity contribution in [1.82, 2.24) is 4.90 Å². The molecule has 0 heterocycles.